The molecular formula is C25H27ClN4O2S. The Hall–Kier alpha value is -2.61. The second-order valence-corrected chi connectivity index (χ2v) is 11.3. The van der Waals surface area contributed by atoms with Crippen LogP contribution < -0.4 is 4.90 Å². The highest BCUT2D eigenvalue weighted by molar-refractivity contribution is 7.90. The Bertz CT molecular complexity index is 1230. The van der Waals surface area contributed by atoms with Crippen molar-refractivity contribution in [1.29, 1.82) is 0 Å². The van der Waals surface area contributed by atoms with E-state index in [9.17, 15) is 8.42 Å². The zero-order valence-electron chi connectivity index (χ0n) is 18.3. The molecule has 172 valence electrons. The van der Waals surface area contributed by atoms with E-state index in [4.69, 9.17) is 11.6 Å². The van der Waals surface area contributed by atoms with E-state index in [-0.39, 0.29) is 5.25 Å². The number of halogens is 1. The van der Waals surface area contributed by atoms with Gasteiger partial charge >= 0.3 is 0 Å². The number of benzene rings is 2. The van der Waals surface area contributed by atoms with Crippen LogP contribution in [0.4, 0.5) is 5.69 Å². The van der Waals surface area contributed by atoms with Gasteiger partial charge < -0.3 is 9.47 Å². The van der Waals surface area contributed by atoms with Gasteiger partial charge in [0.15, 0.2) is 0 Å². The number of anilines is 1. The van der Waals surface area contributed by atoms with Crippen LogP contribution in [0.3, 0.4) is 0 Å². The van der Waals surface area contributed by atoms with Gasteiger partial charge in [0.1, 0.15) is 0 Å². The van der Waals surface area contributed by atoms with Crippen molar-refractivity contribution >= 4 is 39.5 Å². The molecule has 0 atom stereocenters. The third-order valence-electron chi connectivity index (χ3n) is 6.17. The van der Waals surface area contributed by atoms with Gasteiger partial charge in [0.2, 0.25) is 10.0 Å². The van der Waals surface area contributed by atoms with Gasteiger partial charge in [-0.25, -0.2) is 13.4 Å². The van der Waals surface area contributed by atoms with E-state index in [1.54, 1.807) is 16.8 Å². The maximum Gasteiger partial charge on any atom is 0.217 e. The molecule has 3 aromatic rings. The molecule has 0 bridgehead atoms. The van der Waals surface area contributed by atoms with E-state index in [0.29, 0.717) is 18.1 Å². The molecule has 6 nitrogen and oxygen atoms in total. The Kier molecular flexibility index (Phi) is 6.27. The van der Waals surface area contributed by atoms with Crippen LogP contribution in [0.2, 0.25) is 5.02 Å². The molecule has 0 spiro atoms. The predicted molar refractivity (Wildman–Crippen MR) is 134 cm³/mol. The van der Waals surface area contributed by atoms with Crippen LogP contribution in [-0.4, -0.2) is 53.7 Å². The van der Waals surface area contributed by atoms with E-state index in [1.807, 2.05) is 22.9 Å². The molecule has 2 aromatic carbocycles. The lowest BCUT2D eigenvalue weighted by atomic mass is 10.1. The maximum atomic E-state index is 12.4. The molecule has 1 aromatic heterocycles. The molecule has 2 heterocycles. The lowest BCUT2D eigenvalue weighted by molar-refractivity contribution is 0.384. The fourth-order valence-electron chi connectivity index (χ4n) is 4.22. The average molecular weight is 483 g/mol. The number of aromatic nitrogens is 2. The smallest absolute Gasteiger partial charge is 0.217 e. The molecule has 2 aliphatic rings. The standard InChI is InChI=1S/C25H27ClN4O2S/c26-23-16-21(15-22(17-23)18-28-10-9-27-19-28)2-1-20-3-5-24(6-4-20)29-11-13-30(14-12-29)33(31,32)25-7-8-25/h1-6,9-10,15-17,19,25H,7-8,11-14,18H2/b2-1+. The van der Waals surface area contributed by atoms with Crippen molar-refractivity contribution in [3.63, 3.8) is 0 Å². The van der Waals surface area contributed by atoms with Gasteiger partial charge in [-0.3, -0.25) is 0 Å². The van der Waals surface area contributed by atoms with Gasteiger partial charge in [0, 0.05) is 55.8 Å². The first-order valence-corrected chi connectivity index (χ1v) is 13.1. The van der Waals surface area contributed by atoms with E-state index in [2.05, 4.69) is 52.4 Å². The van der Waals surface area contributed by atoms with E-state index >= 15 is 0 Å². The fourth-order valence-corrected chi connectivity index (χ4v) is 6.31. The molecule has 0 N–H and O–H groups in total. The molecule has 1 saturated heterocycles. The van der Waals surface area contributed by atoms with Crippen molar-refractivity contribution in [3.05, 3.63) is 82.9 Å². The molecule has 5 rings (SSSR count). The van der Waals surface area contributed by atoms with Crippen LogP contribution in [0.25, 0.3) is 12.2 Å². The summed E-state index contributed by atoms with van der Waals surface area (Å²) in [6.45, 7) is 3.31. The summed E-state index contributed by atoms with van der Waals surface area (Å²) in [7, 11) is -3.07. The van der Waals surface area contributed by atoms with Crippen molar-refractivity contribution in [3.8, 4) is 0 Å². The topological polar surface area (TPSA) is 58.4 Å². The lowest BCUT2D eigenvalue weighted by Gasteiger charge is -2.35. The third-order valence-corrected chi connectivity index (χ3v) is 8.79. The molecule has 1 aliphatic heterocycles. The first-order chi connectivity index (χ1) is 16.0. The summed E-state index contributed by atoms with van der Waals surface area (Å²) in [5, 5.41) is 0.585. The van der Waals surface area contributed by atoms with Crippen LogP contribution >= 0.6 is 11.6 Å². The minimum atomic E-state index is -3.07. The summed E-state index contributed by atoms with van der Waals surface area (Å²) in [6.07, 6.45) is 11.3. The van der Waals surface area contributed by atoms with E-state index < -0.39 is 10.0 Å². The summed E-state index contributed by atoms with van der Waals surface area (Å²) in [6, 6.07) is 14.5. The highest BCUT2D eigenvalue weighted by Gasteiger charge is 2.40. The van der Waals surface area contributed by atoms with Gasteiger partial charge in [-0.1, -0.05) is 35.9 Å². The number of sulfonamides is 1. The molecule has 0 amide bonds. The summed E-state index contributed by atoms with van der Waals surface area (Å²) in [5.41, 5.74) is 4.40. The quantitative estimate of drug-likeness (QED) is 0.469. The molecule has 0 unspecified atom stereocenters. The highest BCUT2D eigenvalue weighted by atomic mass is 35.5. The van der Waals surface area contributed by atoms with Crippen LogP contribution in [-0.2, 0) is 16.6 Å². The van der Waals surface area contributed by atoms with Crippen molar-refractivity contribution < 1.29 is 8.42 Å². The van der Waals surface area contributed by atoms with E-state index in [0.717, 1.165) is 54.9 Å². The summed E-state index contributed by atoms with van der Waals surface area (Å²) in [5.74, 6) is 0. The Morgan fingerprint density at radius 1 is 0.970 bits per heavy atom. The molecule has 33 heavy (non-hydrogen) atoms. The molecular weight excluding hydrogens is 456 g/mol. The molecule has 0 radical (unpaired) electrons. The van der Waals surface area contributed by atoms with Crippen molar-refractivity contribution in [2.75, 3.05) is 31.1 Å². The highest BCUT2D eigenvalue weighted by Crippen LogP contribution is 2.32. The largest absolute Gasteiger partial charge is 0.369 e. The van der Waals surface area contributed by atoms with Crippen LogP contribution in [0.5, 0.6) is 0 Å². The first-order valence-electron chi connectivity index (χ1n) is 11.2. The molecule has 2 fully saturated rings. The van der Waals surface area contributed by atoms with Crippen molar-refractivity contribution in [1.82, 2.24) is 13.9 Å². The Balaban J connectivity index is 1.21. The lowest BCUT2D eigenvalue weighted by Crippen LogP contribution is -2.49. The van der Waals surface area contributed by atoms with Crippen LogP contribution in [0.15, 0.2) is 61.2 Å². The molecule has 8 heteroatoms. The normalized spacial score (nSPS) is 17.7. The summed E-state index contributed by atoms with van der Waals surface area (Å²) >= 11 is 6.33. The SMILES string of the molecule is O=S(=O)(C1CC1)N1CCN(c2ccc(/C=C/c3cc(Cl)cc(Cn4ccnc4)c3)cc2)CC1. The fraction of sp³-hybridized carbons (Fsp3) is 0.320. The zero-order valence-corrected chi connectivity index (χ0v) is 19.9. The Labute approximate surface area is 200 Å². The molecule has 1 saturated carbocycles. The maximum absolute atomic E-state index is 12.4. The van der Waals surface area contributed by atoms with Crippen LogP contribution in [0, 0.1) is 0 Å². The number of imidazole rings is 1. The minimum Gasteiger partial charge on any atom is -0.369 e. The van der Waals surface area contributed by atoms with E-state index in [1.165, 1.54) is 0 Å². The predicted octanol–water partition coefficient (Wildman–Crippen LogP) is 4.37. The van der Waals surface area contributed by atoms with Gasteiger partial charge in [-0.15, -0.1) is 0 Å². The van der Waals surface area contributed by atoms with Gasteiger partial charge in [-0.05, 0) is 59.9 Å². The van der Waals surface area contributed by atoms with Crippen molar-refractivity contribution in [2.24, 2.45) is 0 Å². The van der Waals surface area contributed by atoms with Gasteiger partial charge in [0.05, 0.1) is 11.6 Å². The summed E-state index contributed by atoms with van der Waals surface area (Å²) in [4.78, 5) is 6.34. The van der Waals surface area contributed by atoms with Gasteiger partial charge in [0.25, 0.3) is 0 Å². The number of piperazine rings is 1. The Morgan fingerprint density at radius 3 is 2.36 bits per heavy atom. The number of hydrogen-bond donors (Lipinski definition) is 0. The summed E-state index contributed by atoms with van der Waals surface area (Å²) < 4.78 is 28.6. The minimum absolute atomic E-state index is 0.128. The second-order valence-electron chi connectivity index (χ2n) is 8.68. The van der Waals surface area contributed by atoms with Crippen molar-refractivity contribution in [2.45, 2.75) is 24.6 Å². The second kappa shape index (κ2) is 9.33. The average Bonchev–Trinajstić information content (AvgIpc) is 3.57. The number of nitrogens with zero attached hydrogens (tertiary/aromatic N) is 4. The first kappa shape index (κ1) is 22.2. The Morgan fingerprint density at radius 2 is 1.70 bits per heavy atom. The number of hydrogen-bond acceptors (Lipinski definition) is 4. The molecule has 1 aliphatic carbocycles. The number of rotatable bonds is 7. The van der Waals surface area contributed by atoms with Crippen LogP contribution in [0.1, 0.15) is 29.5 Å². The zero-order chi connectivity index (χ0) is 22.8. The van der Waals surface area contributed by atoms with Gasteiger partial charge in [-0.2, -0.15) is 4.31 Å². The monoisotopic (exact) mass is 482 g/mol. The third kappa shape index (κ3) is 5.32.